The van der Waals surface area contributed by atoms with Gasteiger partial charge in [-0.05, 0) is 17.7 Å². The van der Waals surface area contributed by atoms with E-state index in [2.05, 4.69) is 4.84 Å². The summed E-state index contributed by atoms with van der Waals surface area (Å²) in [5, 5.41) is 0.985. The van der Waals surface area contributed by atoms with Crippen LogP contribution in [0.25, 0.3) is 6.08 Å². The lowest BCUT2D eigenvalue weighted by Crippen LogP contribution is -2.31. The Kier molecular flexibility index (Phi) is 3.97. The van der Waals surface area contributed by atoms with Gasteiger partial charge in [0.2, 0.25) is 0 Å². The highest BCUT2D eigenvalue weighted by atomic mass is 35.5. The van der Waals surface area contributed by atoms with Crippen LogP contribution < -0.4 is 0 Å². The number of halogens is 1. The molecule has 6 heteroatoms. The highest BCUT2D eigenvalue weighted by Gasteiger charge is 2.32. The molecule has 1 aromatic carbocycles. The summed E-state index contributed by atoms with van der Waals surface area (Å²) in [5.74, 6) is -1.82. The molecule has 5 nitrogen and oxygen atoms in total. The third kappa shape index (κ3) is 3.20. The van der Waals surface area contributed by atoms with Crippen molar-refractivity contribution in [2.45, 2.75) is 12.8 Å². The summed E-state index contributed by atoms with van der Waals surface area (Å²) < 4.78 is 0. The Bertz CT molecular complexity index is 552. The van der Waals surface area contributed by atoms with Crippen LogP contribution in [0.15, 0.2) is 30.3 Å². The van der Waals surface area contributed by atoms with Crippen LogP contribution in [0.4, 0.5) is 0 Å². The third-order valence-corrected chi connectivity index (χ3v) is 2.84. The van der Waals surface area contributed by atoms with Gasteiger partial charge in [-0.1, -0.05) is 29.8 Å². The topological polar surface area (TPSA) is 63.7 Å². The molecule has 0 bridgehead atoms. The first kappa shape index (κ1) is 13.3. The van der Waals surface area contributed by atoms with Crippen LogP contribution in [-0.4, -0.2) is 22.8 Å². The van der Waals surface area contributed by atoms with Gasteiger partial charge in [0.05, 0.1) is 0 Å². The Morgan fingerprint density at radius 2 is 1.84 bits per heavy atom. The number of carbonyl (C=O) groups excluding carboxylic acids is 3. The first-order chi connectivity index (χ1) is 9.08. The summed E-state index contributed by atoms with van der Waals surface area (Å²) in [6, 6.07) is 6.93. The van der Waals surface area contributed by atoms with Gasteiger partial charge in [-0.3, -0.25) is 9.59 Å². The number of carbonyl (C=O) groups is 3. The van der Waals surface area contributed by atoms with Gasteiger partial charge in [0.25, 0.3) is 11.8 Å². The molecule has 0 radical (unpaired) electrons. The van der Waals surface area contributed by atoms with Gasteiger partial charge in [-0.2, -0.15) is 0 Å². The molecule has 98 valence electrons. The van der Waals surface area contributed by atoms with Crippen molar-refractivity contribution in [1.82, 2.24) is 5.06 Å². The number of nitrogens with zero attached hydrogens (tertiary/aromatic N) is 1. The van der Waals surface area contributed by atoms with Crippen molar-refractivity contribution in [3.8, 4) is 0 Å². The minimum Gasteiger partial charge on any atom is -0.326 e. The Morgan fingerprint density at radius 3 is 2.47 bits per heavy atom. The lowest BCUT2D eigenvalue weighted by molar-refractivity contribution is -0.193. The van der Waals surface area contributed by atoms with Gasteiger partial charge >= 0.3 is 5.97 Å². The summed E-state index contributed by atoms with van der Waals surface area (Å²) >= 11 is 5.90. The van der Waals surface area contributed by atoms with E-state index in [1.165, 1.54) is 6.08 Å². The third-order valence-electron chi connectivity index (χ3n) is 2.49. The Hall–Kier alpha value is -2.14. The number of imide groups is 1. The van der Waals surface area contributed by atoms with E-state index in [0.29, 0.717) is 15.6 Å². The zero-order chi connectivity index (χ0) is 13.8. The fourth-order valence-corrected chi connectivity index (χ4v) is 1.75. The summed E-state index contributed by atoms with van der Waals surface area (Å²) in [6.45, 7) is 0. The van der Waals surface area contributed by atoms with Crippen LogP contribution in [0.1, 0.15) is 18.4 Å². The quantitative estimate of drug-likeness (QED) is 0.627. The predicted octanol–water partition coefficient (Wildman–Crippen LogP) is 1.96. The Balaban J connectivity index is 2.00. The van der Waals surface area contributed by atoms with E-state index in [0.717, 1.165) is 6.08 Å². The fourth-order valence-electron chi connectivity index (χ4n) is 1.55. The zero-order valence-corrected chi connectivity index (χ0v) is 10.6. The van der Waals surface area contributed by atoms with Gasteiger partial charge in [0.1, 0.15) is 0 Å². The minimum absolute atomic E-state index is 0.0698. The molecule has 19 heavy (non-hydrogen) atoms. The molecule has 1 aliphatic heterocycles. The molecule has 1 aliphatic rings. The number of hydrogen-bond acceptors (Lipinski definition) is 4. The van der Waals surface area contributed by atoms with Crippen molar-refractivity contribution in [2.24, 2.45) is 0 Å². The van der Waals surface area contributed by atoms with E-state index < -0.39 is 17.8 Å². The molecule has 1 heterocycles. The van der Waals surface area contributed by atoms with Crippen molar-refractivity contribution in [3.63, 3.8) is 0 Å². The first-order valence-corrected chi connectivity index (χ1v) is 5.96. The maximum Gasteiger partial charge on any atom is 0.356 e. The highest BCUT2D eigenvalue weighted by Crippen LogP contribution is 2.17. The second-order valence-corrected chi connectivity index (χ2v) is 4.25. The standard InChI is InChI=1S/C13H10ClNO4/c14-10-4-2-1-3-9(10)5-8-13(18)19-15-11(16)6-7-12(15)17/h1-5,8H,6-7H2. The molecular formula is C13H10ClNO4. The highest BCUT2D eigenvalue weighted by molar-refractivity contribution is 6.32. The molecule has 1 saturated heterocycles. The van der Waals surface area contributed by atoms with E-state index in [-0.39, 0.29) is 12.8 Å². The van der Waals surface area contributed by atoms with E-state index in [1.54, 1.807) is 24.3 Å². The summed E-state index contributed by atoms with van der Waals surface area (Å²) in [6.07, 6.45) is 2.70. The molecular weight excluding hydrogens is 270 g/mol. The molecule has 0 aliphatic carbocycles. The van der Waals surface area contributed by atoms with Crippen molar-refractivity contribution < 1.29 is 19.2 Å². The van der Waals surface area contributed by atoms with E-state index >= 15 is 0 Å². The smallest absolute Gasteiger partial charge is 0.326 e. The average molecular weight is 280 g/mol. The van der Waals surface area contributed by atoms with Crippen LogP contribution in [0, 0.1) is 0 Å². The number of rotatable bonds is 3. The van der Waals surface area contributed by atoms with Crippen molar-refractivity contribution in [3.05, 3.63) is 40.9 Å². The van der Waals surface area contributed by atoms with Crippen LogP contribution in [0.2, 0.25) is 5.02 Å². The molecule has 2 amide bonds. The monoisotopic (exact) mass is 279 g/mol. The Labute approximate surface area is 114 Å². The van der Waals surface area contributed by atoms with Crippen LogP contribution in [0.3, 0.4) is 0 Å². The SMILES string of the molecule is O=C(C=Cc1ccccc1Cl)ON1C(=O)CCC1=O. The number of benzene rings is 1. The number of hydroxylamine groups is 2. The lowest BCUT2D eigenvalue weighted by Gasteiger charge is -2.10. The molecule has 0 saturated carbocycles. The molecule has 1 fully saturated rings. The van der Waals surface area contributed by atoms with Gasteiger partial charge in [0, 0.05) is 23.9 Å². The summed E-state index contributed by atoms with van der Waals surface area (Å²) in [7, 11) is 0. The second kappa shape index (κ2) is 5.67. The number of hydrogen-bond donors (Lipinski definition) is 0. The average Bonchev–Trinajstić information content (AvgIpc) is 2.70. The molecule has 0 unspecified atom stereocenters. The summed E-state index contributed by atoms with van der Waals surface area (Å²) in [5.41, 5.74) is 0.639. The normalized spacial score (nSPS) is 15.3. The molecule has 0 atom stereocenters. The molecule has 0 aromatic heterocycles. The molecule has 0 spiro atoms. The van der Waals surface area contributed by atoms with E-state index in [4.69, 9.17) is 11.6 Å². The maximum atomic E-state index is 11.5. The lowest BCUT2D eigenvalue weighted by atomic mass is 10.2. The number of amides is 2. The van der Waals surface area contributed by atoms with Crippen LogP contribution >= 0.6 is 11.6 Å². The van der Waals surface area contributed by atoms with Gasteiger partial charge in [0.15, 0.2) is 0 Å². The first-order valence-electron chi connectivity index (χ1n) is 5.58. The maximum absolute atomic E-state index is 11.5. The van der Waals surface area contributed by atoms with Crippen LogP contribution in [0.5, 0.6) is 0 Å². The predicted molar refractivity (Wildman–Crippen MR) is 67.7 cm³/mol. The van der Waals surface area contributed by atoms with Crippen molar-refractivity contribution in [1.29, 1.82) is 0 Å². The zero-order valence-electron chi connectivity index (χ0n) is 9.84. The minimum atomic E-state index is -0.802. The Morgan fingerprint density at radius 1 is 1.21 bits per heavy atom. The van der Waals surface area contributed by atoms with E-state index in [1.807, 2.05) is 0 Å². The van der Waals surface area contributed by atoms with Gasteiger partial charge in [-0.25, -0.2) is 4.79 Å². The van der Waals surface area contributed by atoms with Crippen molar-refractivity contribution >= 4 is 35.5 Å². The molecule has 1 aromatic rings. The summed E-state index contributed by atoms with van der Waals surface area (Å²) in [4.78, 5) is 38.6. The molecule has 0 N–H and O–H groups in total. The van der Waals surface area contributed by atoms with E-state index in [9.17, 15) is 14.4 Å². The second-order valence-electron chi connectivity index (χ2n) is 3.85. The van der Waals surface area contributed by atoms with Gasteiger partial charge < -0.3 is 4.84 Å². The fraction of sp³-hybridized carbons (Fsp3) is 0.154. The van der Waals surface area contributed by atoms with Gasteiger partial charge in [-0.15, -0.1) is 5.06 Å². The van der Waals surface area contributed by atoms with Crippen molar-refractivity contribution in [2.75, 3.05) is 0 Å². The van der Waals surface area contributed by atoms with Crippen LogP contribution in [-0.2, 0) is 19.2 Å². The molecule has 2 rings (SSSR count). The largest absolute Gasteiger partial charge is 0.356 e.